The Kier molecular flexibility index (Phi) is 6.27. The fourth-order valence-corrected chi connectivity index (χ4v) is 3.99. The number of alkyl halides is 3. The van der Waals surface area contributed by atoms with E-state index in [1.54, 1.807) is 13.0 Å². The summed E-state index contributed by atoms with van der Waals surface area (Å²) in [4.78, 5) is 30.0. The van der Waals surface area contributed by atoms with Gasteiger partial charge in [-0.3, -0.25) is 20.0 Å². The number of hydrogen-bond donors (Lipinski definition) is 1. The Bertz CT molecular complexity index is 1220. The fraction of sp³-hybridized carbons (Fsp3) is 0.304. The molecule has 2 heterocycles. The standard InChI is InChI=1S/C23H22F3N5O3/c1-14-27-13-31(28-14)19-10-9-15(12-20(19)34-2)21(32)29-30-11-5-7-17(22(30)33)16-6-3-4-8-18(16)23(24,25)26/h3-4,6,8-10,12-13,17H,5,7,11H2,1-2H3,(H,29,32). The van der Waals surface area contributed by atoms with Crippen molar-refractivity contribution in [3.8, 4) is 11.4 Å². The molecule has 8 nitrogen and oxygen atoms in total. The maximum Gasteiger partial charge on any atom is 0.416 e. The molecule has 1 aromatic heterocycles. The first-order valence-corrected chi connectivity index (χ1v) is 10.5. The lowest BCUT2D eigenvalue weighted by Crippen LogP contribution is -2.51. The number of amides is 2. The van der Waals surface area contributed by atoms with Crippen LogP contribution in [0.5, 0.6) is 5.75 Å². The van der Waals surface area contributed by atoms with Crippen molar-refractivity contribution in [1.82, 2.24) is 25.2 Å². The Morgan fingerprint density at radius 3 is 2.65 bits per heavy atom. The third kappa shape index (κ3) is 4.59. The zero-order valence-corrected chi connectivity index (χ0v) is 18.5. The van der Waals surface area contributed by atoms with Crippen LogP contribution in [0.1, 0.15) is 46.1 Å². The van der Waals surface area contributed by atoms with E-state index in [4.69, 9.17) is 4.74 Å². The third-order valence-corrected chi connectivity index (χ3v) is 5.61. The molecular weight excluding hydrogens is 451 g/mol. The van der Waals surface area contributed by atoms with Crippen LogP contribution in [0.2, 0.25) is 0 Å². The molecule has 0 bridgehead atoms. The summed E-state index contributed by atoms with van der Waals surface area (Å²) in [5, 5.41) is 5.31. The minimum atomic E-state index is -4.58. The number of nitrogens with zero attached hydrogens (tertiary/aromatic N) is 4. The first kappa shape index (κ1) is 23.3. The zero-order chi connectivity index (χ0) is 24.5. The van der Waals surface area contributed by atoms with Gasteiger partial charge in [-0.2, -0.15) is 18.3 Å². The number of methoxy groups -OCH3 is 1. The lowest BCUT2D eigenvalue weighted by Gasteiger charge is -2.33. The molecule has 0 saturated carbocycles. The summed E-state index contributed by atoms with van der Waals surface area (Å²) in [6, 6.07) is 9.69. The Hall–Kier alpha value is -3.89. The number of benzene rings is 2. The van der Waals surface area contributed by atoms with Crippen molar-refractivity contribution >= 4 is 11.8 Å². The highest BCUT2D eigenvalue weighted by Gasteiger charge is 2.39. The summed E-state index contributed by atoms with van der Waals surface area (Å²) < 4.78 is 47.3. The van der Waals surface area contributed by atoms with Crippen LogP contribution in [-0.4, -0.2) is 45.2 Å². The number of rotatable bonds is 5. The van der Waals surface area contributed by atoms with E-state index in [2.05, 4.69) is 15.5 Å². The van der Waals surface area contributed by atoms with Crippen molar-refractivity contribution in [1.29, 1.82) is 0 Å². The van der Waals surface area contributed by atoms with E-state index in [1.165, 1.54) is 48.5 Å². The number of carbonyl (C=O) groups is 2. The molecule has 34 heavy (non-hydrogen) atoms. The Balaban J connectivity index is 1.54. The molecule has 2 amide bonds. The van der Waals surface area contributed by atoms with E-state index >= 15 is 0 Å². The molecule has 1 saturated heterocycles. The first-order valence-electron chi connectivity index (χ1n) is 10.5. The second-order valence-corrected chi connectivity index (χ2v) is 7.83. The van der Waals surface area contributed by atoms with E-state index in [0.717, 1.165) is 11.1 Å². The smallest absolute Gasteiger partial charge is 0.416 e. The van der Waals surface area contributed by atoms with Gasteiger partial charge in [0.1, 0.15) is 23.6 Å². The van der Waals surface area contributed by atoms with Crippen LogP contribution in [0, 0.1) is 6.92 Å². The number of halogens is 3. The molecule has 2 aromatic carbocycles. The van der Waals surface area contributed by atoms with Crippen molar-refractivity contribution in [2.45, 2.75) is 31.9 Å². The lowest BCUT2D eigenvalue weighted by molar-refractivity contribution is -0.141. The van der Waals surface area contributed by atoms with E-state index in [9.17, 15) is 22.8 Å². The summed E-state index contributed by atoms with van der Waals surface area (Å²) in [5.41, 5.74) is 2.38. The SMILES string of the molecule is COc1cc(C(=O)NN2CCCC(c3ccccc3C(F)(F)F)C2=O)ccc1-n1cnc(C)n1. The highest BCUT2D eigenvalue weighted by Crippen LogP contribution is 2.38. The van der Waals surface area contributed by atoms with Crippen molar-refractivity contribution in [3.63, 3.8) is 0 Å². The summed E-state index contributed by atoms with van der Waals surface area (Å²) >= 11 is 0. The van der Waals surface area contributed by atoms with Gasteiger partial charge >= 0.3 is 6.18 Å². The number of hydrazine groups is 1. The molecule has 178 valence electrons. The molecule has 0 radical (unpaired) electrons. The number of aromatic nitrogens is 3. The number of piperidine rings is 1. The average molecular weight is 473 g/mol. The number of ether oxygens (including phenoxy) is 1. The summed E-state index contributed by atoms with van der Waals surface area (Å²) in [6.07, 6.45) is -2.36. The third-order valence-electron chi connectivity index (χ3n) is 5.61. The topological polar surface area (TPSA) is 89.4 Å². The average Bonchev–Trinajstić information content (AvgIpc) is 3.25. The van der Waals surface area contributed by atoms with Gasteiger partial charge in [-0.25, -0.2) is 9.67 Å². The van der Waals surface area contributed by atoms with Gasteiger partial charge in [0.25, 0.3) is 5.91 Å². The molecule has 1 atom stereocenters. The van der Waals surface area contributed by atoms with Crippen LogP contribution in [0.4, 0.5) is 13.2 Å². The van der Waals surface area contributed by atoms with E-state index < -0.39 is 29.5 Å². The minimum Gasteiger partial charge on any atom is -0.494 e. The van der Waals surface area contributed by atoms with Gasteiger partial charge in [-0.15, -0.1) is 0 Å². The van der Waals surface area contributed by atoms with Crippen LogP contribution < -0.4 is 10.2 Å². The second-order valence-electron chi connectivity index (χ2n) is 7.83. The monoisotopic (exact) mass is 473 g/mol. The van der Waals surface area contributed by atoms with E-state index in [1.807, 2.05) is 0 Å². The molecule has 4 rings (SSSR count). The van der Waals surface area contributed by atoms with Crippen LogP contribution in [0.3, 0.4) is 0 Å². The quantitative estimate of drug-likeness (QED) is 0.611. The van der Waals surface area contributed by atoms with E-state index in [0.29, 0.717) is 23.7 Å². The summed E-state index contributed by atoms with van der Waals surface area (Å²) in [5.74, 6) is -1.25. The maximum absolute atomic E-state index is 13.5. The first-order chi connectivity index (χ1) is 16.2. The predicted octanol–water partition coefficient (Wildman–Crippen LogP) is 3.65. The number of carbonyl (C=O) groups excluding carboxylic acids is 2. The van der Waals surface area contributed by atoms with Gasteiger partial charge in [-0.1, -0.05) is 18.2 Å². The largest absolute Gasteiger partial charge is 0.494 e. The molecule has 1 N–H and O–H groups in total. The molecule has 0 aliphatic carbocycles. The van der Waals surface area contributed by atoms with Crippen molar-refractivity contribution in [2.75, 3.05) is 13.7 Å². The normalized spacial score (nSPS) is 16.4. The Morgan fingerprint density at radius 1 is 1.21 bits per heavy atom. The highest BCUT2D eigenvalue weighted by atomic mass is 19.4. The van der Waals surface area contributed by atoms with Crippen LogP contribution >= 0.6 is 0 Å². The molecule has 3 aromatic rings. The molecule has 1 fully saturated rings. The summed E-state index contributed by atoms with van der Waals surface area (Å²) in [7, 11) is 1.45. The van der Waals surface area contributed by atoms with E-state index in [-0.39, 0.29) is 24.1 Å². The van der Waals surface area contributed by atoms with Gasteiger partial charge in [0.15, 0.2) is 0 Å². The number of hydrogen-bond acceptors (Lipinski definition) is 5. The second kappa shape index (κ2) is 9.16. The molecule has 1 aliphatic rings. The molecule has 0 spiro atoms. The van der Waals surface area contributed by atoms with Gasteiger partial charge in [0.2, 0.25) is 5.91 Å². The van der Waals surface area contributed by atoms with Crippen molar-refractivity contribution in [2.24, 2.45) is 0 Å². The van der Waals surface area contributed by atoms with Gasteiger partial charge in [0.05, 0.1) is 18.6 Å². The minimum absolute atomic E-state index is 0.0897. The fourth-order valence-electron chi connectivity index (χ4n) is 3.99. The molecule has 1 aliphatic heterocycles. The van der Waals surface area contributed by atoms with Crippen molar-refractivity contribution < 1.29 is 27.5 Å². The molecular formula is C23H22F3N5O3. The van der Waals surface area contributed by atoms with Gasteiger partial charge in [-0.05, 0) is 49.6 Å². The molecule has 1 unspecified atom stereocenters. The number of aryl methyl sites for hydroxylation is 1. The Morgan fingerprint density at radius 2 is 1.97 bits per heavy atom. The highest BCUT2D eigenvalue weighted by molar-refractivity contribution is 5.97. The zero-order valence-electron chi connectivity index (χ0n) is 18.5. The van der Waals surface area contributed by atoms with Crippen molar-refractivity contribution in [3.05, 3.63) is 71.3 Å². The van der Waals surface area contributed by atoms with Crippen LogP contribution in [-0.2, 0) is 11.0 Å². The lowest BCUT2D eigenvalue weighted by atomic mass is 9.87. The maximum atomic E-state index is 13.5. The summed E-state index contributed by atoms with van der Waals surface area (Å²) in [6.45, 7) is 1.93. The number of nitrogens with one attached hydrogen (secondary N) is 1. The van der Waals surface area contributed by atoms with Gasteiger partial charge in [0, 0.05) is 12.1 Å². The van der Waals surface area contributed by atoms with Crippen LogP contribution in [0.25, 0.3) is 5.69 Å². The van der Waals surface area contributed by atoms with Crippen LogP contribution in [0.15, 0.2) is 48.8 Å². The molecule has 11 heteroatoms. The van der Waals surface area contributed by atoms with Gasteiger partial charge < -0.3 is 4.74 Å². The predicted molar refractivity (Wildman–Crippen MR) is 115 cm³/mol. The Labute approximate surface area is 193 Å².